The molecule has 9 nitrogen and oxygen atoms in total. The summed E-state index contributed by atoms with van der Waals surface area (Å²) in [6.07, 6.45) is 6.80. The second kappa shape index (κ2) is 15.3. The number of carbonyl (C=O) groups is 3. The lowest BCUT2D eigenvalue weighted by Crippen LogP contribution is -2.46. The number of aliphatic carboxylic acids is 1. The summed E-state index contributed by atoms with van der Waals surface area (Å²) in [6, 6.07) is 20.9. The van der Waals surface area contributed by atoms with Gasteiger partial charge in [-0.3, -0.25) is 14.5 Å². The number of allylic oxidation sites excluding steroid dienone is 2. The fourth-order valence-electron chi connectivity index (χ4n) is 6.13. The number of phenols is 1. The van der Waals surface area contributed by atoms with E-state index in [4.69, 9.17) is 16.3 Å². The van der Waals surface area contributed by atoms with E-state index in [0.717, 1.165) is 47.7 Å². The summed E-state index contributed by atoms with van der Waals surface area (Å²) in [5.41, 5.74) is 1.65. The topological polar surface area (TPSA) is 111 Å². The van der Waals surface area contributed by atoms with E-state index < -0.39 is 23.4 Å². The van der Waals surface area contributed by atoms with Gasteiger partial charge in [-0.15, -0.1) is 0 Å². The minimum atomic E-state index is -1.43. The maximum absolute atomic E-state index is 14.3. The number of benzene rings is 3. The van der Waals surface area contributed by atoms with E-state index in [1.807, 2.05) is 72.3 Å². The van der Waals surface area contributed by atoms with Crippen molar-refractivity contribution in [1.29, 1.82) is 0 Å². The molecule has 2 aliphatic rings. The van der Waals surface area contributed by atoms with Gasteiger partial charge < -0.3 is 24.7 Å². The number of unbranched alkanes of at least 4 members (excludes halogenated alkanes) is 1. The lowest BCUT2D eigenvalue weighted by atomic mass is 9.86. The van der Waals surface area contributed by atoms with Crippen LogP contribution in [0.5, 0.6) is 11.5 Å². The van der Waals surface area contributed by atoms with E-state index in [2.05, 4.69) is 6.92 Å². The smallest absolute Gasteiger partial charge is 0.342 e. The van der Waals surface area contributed by atoms with Crippen molar-refractivity contribution in [2.75, 3.05) is 36.5 Å². The SMILES string of the molecule is CCCCC(CC)CN1C(=O)C(C(=O)O)=C(c2ccc(O)cc2)/C(=C/C=C2\N(C)c3cc(Cl)ccc3N2CCOc2ccccc2)C1=O. The van der Waals surface area contributed by atoms with Crippen LogP contribution in [-0.4, -0.2) is 59.6 Å². The second-order valence-corrected chi connectivity index (χ2v) is 12.3. The number of aromatic hydroxyl groups is 1. The van der Waals surface area contributed by atoms with Crippen molar-refractivity contribution in [3.63, 3.8) is 0 Å². The number of fused-ring (bicyclic) bond motifs is 1. The molecule has 48 heavy (non-hydrogen) atoms. The fraction of sp³-hybridized carbons (Fsp3) is 0.289. The van der Waals surface area contributed by atoms with Crippen LogP contribution in [0, 0.1) is 5.92 Å². The zero-order chi connectivity index (χ0) is 34.4. The molecule has 0 saturated heterocycles. The van der Waals surface area contributed by atoms with Gasteiger partial charge in [0.15, 0.2) is 0 Å². The summed E-state index contributed by atoms with van der Waals surface area (Å²) >= 11 is 6.38. The standard InChI is InChI=1S/C38H40ClN3O6/c1-4-6-10-25(5-2)24-42-36(44)30(34(35(37(42)45)38(46)47)26-13-16-28(43)17-14-26)18-20-33-40(3)32-23-27(39)15-19-31(32)41(33)21-22-48-29-11-8-7-9-12-29/h7-9,11-20,23,25,43H,4-6,10,21-22,24H2,1-3H3,(H,46,47)/b30-18-,33-20+. The number of carboxylic acids is 1. The van der Waals surface area contributed by atoms with Crippen LogP contribution >= 0.6 is 11.6 Å². The molecule has 0 radical (unpaired) electrons. The Balaban J connectivity index is 1.61. The summed E-state index contributed by atoms with van der Waals surface area (Å²) in [5.74, 6) is -1.40. The largest absolute Gasteiger partial charge is 0.508 e. The van der Waals surface area contributed by atoms with Gasteiger partial charge in [-0.25, -0.2) is 4.79 Å². The van der Waals surface area contributed by atoms with Gasteiger partial charge in [0.25, 0.3) is 11.8 Å². The highest BCUT2D eigenvalue weighted by Crippen LogP contribution is 2.43. The summed E-state index contributed by atoms with van der Waals surface area (Å²) in [7, 11) is 1.88. The molecule has 2 amide bonds. The number of hydrogen-bond acceptors (Lipinski definition) is 7. The first kappa shape index (κ1) is 34.3. The molecule has 0 bridgehead atoms. The first-order valence-electron chi connectivity index (χ1n) is 16.2. The van der Waals surface area contributed by atoms with Gasteiger partial charge in [-0.1, -0.05) is 75.0 Å². The Kier molecular flexibility index (Phi) is 10.9. The van der Waals surface area contributed by atoms with E-state index in [9.17, 15) is 24.6 Å². The van der Waals surface area contributed by atoms with Crippen LogP contribution in [0.4, 0.5) is 11.4 Å². The molecule has 3 aromatic carbocycles. The molecule has 10 heteroatoms. The molecule has 0 aromatic heterocycles. The Morgan fingerprint density at radius 3 is 2.33 bits per heavy atom. The van der Waals surface area contributed by atoms with Crippen LogP contribution < -0.4 is 14.5 Å². The van der Waals surface area contributed by atoms with Gasteiger partial charge >= 0.3 is 5.97 Å². The third kappa shape index (κ3) is 7.26. The average Bonchev–Trinajstić information content (AvgIpc) is 3.33. The molecule has 3 aromatic rings. The number of phenolic OH excluding ortho intramolecular Hbond substituents is 1. The monoisotopic (exact) mass is 669 g/mol. The lowest BCUT2D eigenvalue weighted by Gasteiger charge is -2.32. The normalized spacial score (nSPS) is 17.0. The van der Waals surface area contributed by atoms with Gasteiger partial charge in [-0.05, 0) is 72.5 Å². The highest BCUT2D eigenvalue weighted by atomic mass is 35.5. The number of hydrogen-bond donors (Lipinski definition) is 2. The number of carboxylic acid groups (broad SMARTS) is 1. The number of nitrogens with zero attached hydrogens (tertiary/aromatic N) is 3. The average molecular weight is 670 g/mol. The number of halogens is 1. The van der Waals surface area contributed by atoms with Crippen molar-refractivity contribution in [3.05, 3.63) is 113 Å². The van der Waals surface area contributed by atoms with Crippen molar-refractivity contribution in [2.24, 2.45) is 5.92 Å². The van der Waals surface area contributed by atoms with Crippen LogP contribution in [0.2, 0.25) is 5.02 Å². The zero-order valence-corrected chi connectivity index (χ0v) is 28.1. The van der Waals surface area contributed by atoms with E-state index in [1.165, 1.54) is 24.3 Å². The molecule has 0 fully saturated rings. The van der Waals surface area contributed by atoms with Gasteiger partial charge in [0.2, 0.25) is 0 Å². The van der Waals surface area contributed by atoms with E-state index in [1.54, 1.807) is 12.2 Å². The summed E-state index contributed by atoms with van der Waals surface area (Å²) in [5, 5.41) is 20.9. The minimum Gasteiger partial charge on any atom is -0.508 e. The Bertz CT molecular complexity index is 1770. The first-order valence-corrected chi connectivity index (χ1v) is 16.6. The van der Waals surface area contributed by atoms with Gasteiger partial charge in [0, 0.05) is 29.8 Å². The maximum Gasteiger partial charge on any atom is 0.342 e. The molecular weight excluding hydrogens is 630 g/mol. The molecule has 0 spiro atoms. The molecule has 1 unspecified atom stereocenters. The van der Waals surface area contributed by atoms with Crippen LogP contribution in [0.1, 0.15) is 45.1 Å². The summed E-state index contributed by atoms with van der Waals surface area (Å²) in [6.45, 7) is 5.02. The van der Waals surface area contributed by atoms with Crippen molar-refractivity contribution in [3.8, 4) is 11.5 Å². The highest BCUT2D eigenvalue weighted by Gasteiger charge is 2.41. The molecule has 1 atom stereocenters. The molecular formula is C38H40ClN3O6. The fourth-order valence-corrected chi connectivity index (χ4v) is 6.30. The van der Waals surface area contributed by atoms with Gasteiger partial charge in [0.1, 0.15) is 29.5 Å². The van der Waals surface area contributed by atoms with Crippen molar-refractivity contribution in [2.45, 2.75) is 39.5 Å². The molecule has 2 aliphatic heterocycles. The predicted molar refractivity (Wildman–Crippen MR) is 188 cm³/mol. The molecule has 2 N–H and O–H groups in total. The number of rotatable bonds is 13. The Morgan fingerprint density at radius 1 is 0.938 bits per heavy atom. The van der Waals surface area contributed by atoms with E-state index >= 15 is 0 Å². The highest BCUT2D eigenvalue weighted by molar-refractivity contribution is 6.34. The van der Waals surface area contributed by atoms with Crippen LogP contribution in [-0.2, 0) is 14.4 Å². The van der Waals surface area contributed by atoms with Crippen LogP contribution in [0.25, 0.3) is 5.57 Å². The Labute approximate surface area is 286 Å². The number of ether oxygens (including phenoxy) is 1. The molecule has 0 saturated carbocycles. The van der Waals surface area contributed by atoms with Gasteiger partial charge in [-0.2, -0.15) is 0 Å². The van der Waals surface area contributed by atoms with E-state index in [-0.39, 0.29) is 29.4 Å². The number of anilines is 2. The number of imide groups is 1. The van der Waals surface area contributed by atoms with Crippen molar-refractivity contribution >= 4 is 46.3 Å². The van der Waals surface area contributed by atoms with Crippen LogP contribution in [0.15, 0.2) is 102 Å². The number of para-hydroxylation sites is 1. The quantitative estimate of drug-likeness (QED) is 0.111. The zero-order valence-electron chi connectivity index (χ0n) is 27.4. The number of amides is 2. The van der Waals surface area contributed by atoms with E-state index in [0.29, 0.717) is 29.6 Å². The van der Waals surface area contributed by atoms with Gasteiger partial charge in [0.05, 0.1) is 17.9 Å². The summed E-state index contributed by atoms with van der Waals surface area (Å²) < 4.78 is 6.01. The molecule has 250 valence electrons. The molecule has 0 aliphatic carbocycles. The Hall–Kier alpha value is -5.02. The van der Waals surface area contributed by atoms with Crippen molar-refractivity contribution < 1.29 is 29.3 Å². The number of carbonyl (C=O) groups excluding carboxylic acids is 2. The lowest BCUT2D eigenvalue weighted by molar-refractivity contribution is -0.143. The predicted octanol–water partition coefficient (Wildman–Crippen LogP) is 7.27. The van der Waals surface area contributed by atoms with Crippen molar-refractivity contribution in [1.82, 2.24) is 4.90 Å². The second-order valence-electron chi connectivity index (χ2n) is 11.8. The third-order valence-corrected chi connectivity index (χ3v) is 8.98. The Morgan fingerprint density at radius 2 is 1.67 bits per heavy atom. The molecule has 2 heterocycles. The maximum atomic E-state index is 14.3. The third-order valence-electron chi connectivity index (χ3n) is 8.74. The minimum absolute atomic E-state index is 0.00683. The summed E-state index contributed by atoms with van der Waals surface area (Å²) in [4.78, 5) is 46.0. The van der Waals surface area contributed by atoms with Crippen LogP contribution in [0.3, 0.4) is 0 Å². The first-order chi connectivity index (χ1) is 23.1. The molecule has 5 rings (SSSR count).